The molecule has 102 valence electrons. The second-order valence-electron chi connectivity index (χ2n) is 4.67. The van der Waals surface area contributed by atoms with Gasteiger partial charge < -0.3 is 15.0 Å². The molecule has 19 heavy (non-hydrogen) atoms. The van der Waals surface area contributed by atoms with E-state index in [9.17, 15) is 4.79 Å². The standard InChI is InChI=1S/C15H20N2O2/c1-2-13(11-18)16-15(19)8-10-17-9-7-12-5-3-4-6-14(12)17/h3-7,9,13,18H,2,8,10-11H2,1H3,(H,16,19). The molecule has 2 rings (SSSR count). The zero-order chi connectivity index (χ0) is 13.7. The van der Waals surface area contributed by atoms with Gasteiger partial charge in [-0.1, -0.05) is 25.1 Å². The van der Waals surface area contributed by atoms with Gasteiger partial charge in [0, 0.05) is 24.7 Å². The average molecular weight is 260 g/mol. The molecular weight excluding hydrogens is 240 g/mol. The highest BCUT2D eigenvalue weighted by Gasteiger charge is 2.09. The fraction of sp³-hybridized carbons (Fsp3) is 0.400. The summed E-state index contributed by atoms with van der Waals surface area (Å²) in [6.07, 6.45) is 3.17. The molecule has 0 saturated heterocycles. The summed E-state index contributed by atoms with van der Waals surface area (Å²) in [5, 5.41) is 13.1. The number of nitrogens with one attached hydrogen (secondary N) is 1. The van der Waals surface area contributed by atoms with Gasteiger partial charge in [0.2, 0.25) is 5.91 Å². The van der Waals surface area contributed by atoms with Crippen molar-refractivity contribution in [2.45, 2.75) is 32.4 Å². The average Bonchev–Trinajstić information content (AvgIpc) is 2.86. The number of aliphatic hydroxyl groups is 1. The maximum absolute atomic E-state index is 11.8. The van der Waals surface area contributed by atoms with Crippen LogP contribution in [0.4, 0.5) is 0 Å². The van der Waals surface area contributed by atoms with Gasteiger partial charge in [0.15, 0.2) is 0 Å². The van der Waals surface area contributed by atoms with E-state index >= 15 is 0 Å². The van der Waals surface area contributed by atoms with Crippen LogP contribution in [0.15, 0.2) is 36.5 Å². The van der Waals surface area contributed by atoms with Gasteiger partial charge >= 0.3 is 0 Å². The number of amides is 1. The number of carbonyl (C=O) groups excluding carboxylic acids is 1. The molecule has 1 aromatic carbocycles. The summed E-state index contributed by atoms with van der Waals surface area (Å²) in [6, 6.07) is 10.0. The van der Waals surface area contributed by atoms with Crippen molar-refractivity contribution in [1.82, 2.24) is 9.88 Å². The third-order valence-electron chi connectivity index (χ3n) is 3.34. The van der Waals surface area contributed by atoms with Gasteiger partial charge in [-0.15, -0.1) is 0 Å². The Morgan fingerprint density at radius 1 is 1.37 bits per heavy atom. The third-order valence-corrected chi connectivity index (χ3v) is 3.34. The number of hydrogen-bond acceptors (Lipinski definition) is 2. The van der Waals surface area contributed by atoms with E-state index in [0.29, 0.717) is 13.0 Å². The molecule has 2 aromatic rings. The van der Waals surface area contributed by atoms with Gasteiger partial charge in [-0.2, -0.15) is 0 Å². The number of aryl methyl sites for hydroxylation is 1. The summed E-state index contributed by atoms with van der Waals surface area (Å²) in [5.41, 5.74) is 1.14. The number of nitrogens with zero attached hydrogens (tertiary/aromatic N) is 1. The molecule has 0 saturated carbocycles. The quantitative estimate of drug-likeness (QED) is 0.833. The summed E-state index contributed by atoms with van der Waals surface area (Å²) in [5.74, 6) is -0.0151. The second kappa shape index (κ2) is 6.38. The Balaban J connectivity index is 1.93. The molecule has 0 aliphatic carbocycles. The fourth-order valence-electron chi connectivity index (χ4n) is 2.13. The highest BCUT2D eigenvalue weighted by atomic mass is 16.3. The van der Waals surface area contributed by atoms with E-state index in [2.05, 4.69) is 28.1 Å². The van der Waals surface area contributed by atoms with Crippen molar-refractivity contribution in [1.29, 1.82) is 0 Å². The van der Waals surface area contributed by atoms with E-state index in [1.807, 2.05) is 25.3 Å². The van der Waals surface area contributed by atoms with E-state index in [-0.39, 0.29) is 18.6 Å². The van der Waals surface area contributed by atoms with Crippen LogP contribution in [0.5, 0.6) is 0 Å². The Bertz CT molecular complexity index is 544. The van der Waals surface area contributed by atoms with Crippen molar-refractivity contribution in [2.75, 3.05) is 6.61 Å². The maximum Gasteiger partial charge on any atom is 0.222 e. The molecule has 2 N–H and O–H groups in total. The number of para-hydroxylation sites is 1. The molecule has 1 aromatic heterocycles. The van der Waals surface area contributed by atoms with Crippen molar-refractivity contribution in [3.63, 3.8) is 0 Å². The lowest BCUT2D eigenvalue weighted by atomic mass is 10.2. The SMILES string of the molecule is CCC(CO)NC(=O)CCn1ccc2ccccc21. The van der Waals surface area contributed by atoms with E-state index in [0.717, 1.165) is 11.9 Å². The van der Waals surface area contributed by atoms with E-state index in [1.54, 1.807) is 0 Å². The Hall–Kier alpha value is -1.81. The number of hydrogen-bond donors (Lipinski definition) is 2. The van der Waals surface area contributed by atoms with E-state index in [1.165, 1.54) is 5.39 Å². The number of aromatic nitrogens is 1. The molecule has 1 unspecified atom stereocenters. The van der Waals surface area contributed by atoms with Crippen LogP contribution in [0.2, 0.25) is 0 Å². The maximum atomic E-state index is 11.8. The predicted octanol–water partition coefficient (Wildman–Crippen LogP) is 1.92. The zero-order valence-corrected chi connectivity index (χ0v) is 11.2. The molecule has 0 bridgehead atoms. The molecule has 0 radical (unpaired) electrons. The van der Waals surface area contributed by atoms with Gasteiger partial charge in [0.25, 0.3) is 0 Å². The minimum Gasteiger partial charge on any atom is -0.394 e. The van der Waals surface area contributed by atoms with Gasteiger partial charge in [-0.05, 0) is 23.9 Å². The molecule has 0 aliphatic rings. The first-order valence-electron chi connectivity index (χ1n) is 6.68. The van der Waals surface area contributed by atoms with Crippen LogP contribution in [0.1, 0.15) is 19.8 Å². The number of fused-ring (bicyclic) bond motifs is 1. The Morgan fingerprint density at radius 3 is 2.89 bits per heavy atom. The number of rotatable bonds is 6. The molecule has 1 amide bonds. The van der Waals surface area contributed by atoms with Crippen LogP contribution >= 0.6 is 0 Å². The highest BCUT2D eigenvalue weighted by Crippen LogP contribution is 2.15. The lowest BCUT2D eigenvalue weighted by molar-refractivity contribution is -0.122. The first kappa shape index (κ1) is 13.6. The molecule has 0 fully saturated rings. The zero-order valence-electron chi connectivity index (χ0n) is 11.2. The molecule has 4 heteroatoms. The Kier molecular flexibility index (Phi) is 4.58. The normalized spacial score (nSPS) is 12.5. The van der Waals surface area contributed by atoms with Crippen molar-refractivity contribution in [3.05, 3.63) is 36.5 Å². The predicted molar refractivity (Wildman–Crippen MR) is 75.9 cm³/mol. The molecule has 0 spiro atoms. The summed E-state index contributed by atoms with van der Waals surface area (Å²) in [7, 11) is 0. The van der Waals surface area contributed by atoms with Gasteiger partial charge in [0.05, 0.1) is 12.6 Å². The lowest BCUT2D eigenvalue weighted by Crippen LogP contribution is -2.37. The Morgan fingerprint density at radius 2 is 2.16 bits per heavy atom. The van der Waals surface area contributed by atoms with Crippen molar-refractivity contribution < 1.29 is 9.90 Å². The molecule has 1 atom stereocenters. The molecule has 0 aliphatic heterocycles. The fourth-order valence-corrected chi connectivity index (χ4v) is 2.13. The summed E-state index contributed by atoms with van der Waals surface area (Å²) >= 11 is 0. The van der Waals surface area contributed by atoms with Gasteiger partial charge in [-0.3, -0.25) is 4.79 Å². The minimum absolute atomic E-state index is 0.00527. The highest BCUT2D eigenvalue weighted by molar-refractivity contribution is 5.80. The van der Waals surface area contributed by atoms with Crippen molar-refractivity contribution in [2.24, 2.45) is 0 Å². The van der Waals surface area contributed by atoms with Gasteiger partial charge in [-0.25, -0.2) is 0 Å². The smallest absolute Gasteiger partial charge is 0.222 e. The van der Waals surface area contributed by atoms with Crippen LogP contribution in [-0.2, 0) is 11.3 Å². The van der Waals surface area contributed by atoms with Crippen LogP contribution < -0.4 is 5.32 Å². The Labute approximate surface area is 113 Å². The van der Waals surface area contributed by atoms with Crippen LogP contribution in [0.25, 0.3) is 10.9 Å². The van der Waals surface area contributed by atoms with Crippen LogP contribution in [0.3, 0.4) is 0 Å². The molecule has 4 nitrogen and oxygen atoms in total. The summed E-state index contributed by atoms with van der Waals surface area (Å²) in [4.78, 5) is 11.8. The first-order valence-corrected chi connectivity index (χ1v) is 6.68. The topological polar surface area (TPSA) is 54.3 Å². The lowest BCUT2D eigenvalue weighted by Gasteiger charge is -2.14. The largest absolute Gasteiger partial charge is 0.394 e. The number of benzene rings is 1. The summed E-state index contributed by atoms with van der Waals surface area (Å²) < 4.78 is 2.08. The summed E-state index contributed by atoms with van der Waals surface area (Å²) in [6.45, 7) is 2.59. The van der Waals surface area contributed by atoms with Crippen molar-refractivity contribution in [3.8, 4) is 0 Å². The second-order valence-corrected chi connectivity index (χ2v) is 4.67. The molecule has 1 heterocycles. The first-order chi connectivity index (χ1) is 9.24. The van der Waals surface area contributed by atoms with E-state index in [4.69, 9.17) is 5.11 Å². The van der Waals surface area contributed by atoms with E-state index < -0.39 is 0 Å². The number of carbonyl (C=O) groups is 1. The third kappa shape index (κ3) is 3.35. The van der Waals surface area contributed by atoms with Crippen molar-refractivity contribution >= 4 is 16.8 Å². The molecular formula is C15H20N2O2. The van der Waals surface area contributed by atoms with Gasteiger partial charge in [0.1, 0.15) is 0 Å². The number of aliphatic hydroxyl groups excluding tert-OH is 1. The monoisotopic (exact) mass is 260 g/mol. The minimum atomic E-state index is -0.131. The van der Waals surface area contributed by atoms with Crippen LogP contribution in [0, 0.1) is 0 Å². The van der Waals surface area contributed by atoms with Crippen LogP contribution in [-0.4, -0.2) is 28.2 Å².